The molecule has 126 valence electrons. The van der Waals surface area contributed by atoms with E-state index in [2.05, 4.69) is 29.4 Å². The maximum absolute atomic E-state index is 11.6. The number of nitrogens with one attached hydrogen (secondary N) is 2. The Bertz CT molecular complexity index is 383. The number of hydrogen-bond acceptors (Lipinski definition) is 4. The first-order valence-corrected chi connectivity index (χ1v) is 8.14. The van der Waals surface area contributed by atoms with Gasteiger partial charge in [0.05, 0.1) is 0 Å². The maximum Gasteiger partial charge on any atom is 0.309 e. The molecule has 0 unspecified atom stereocenters. The van der Waals surface area contributed by atoms with Gasteiger partial charge in [-0.15, -0.1) is 0 Å². The zero-order chi connectivity index (χ0) is 16.4. The number of amides is 3. The zero-order valence-corrected chi connectivity index (χ0v) is 13.7. The zero-order valence-electron chi connectivity index (χ0n) is 13.7. The standard InChI is InChI=1S/C15H28N4O3/c1-3-18(4-2)12-9-17-15(22)14(21)16-8-6-11-19-10-5-7-13(19)20/h3-12H2,1-2H3,(H,16,21)(H,17,22). The number of carbonyl (C=O) groups excluding carboxylic acids is 3. The summed E-state index contributed by atoms with van der Waals surface area (Å²) in [7, 11) is 0. The van der Waals surface area contributed by atoms with Gasteiger partial charge in [-0.2, -0.15) is 0 Å². The van der Waals surface area contributed by atoms with E-state index in [0.717, 1.165) is 32.6 Å². The van der Waals surface area contributed by atoms with Crippen LogP contribution in [0.5, 0.6) is 0 Å². The minimum atomic E-state index is -0.604. The summed E-state index contributed by atoms with van der Waals surface area (Å²) >= 11 is 0. The number of likely N-dealkylation sites (N-methyl/N-ethyl adjacent to an activating group) is 1. The lowest BCUT2D eigenvalue weighted by Gasteiger charge is -2.18. The van der Waals surface area contributed by atoms with Gasteiger partial charge in [-0.1, -0.05) is 13.8 Å². The Morgan fingerprint density at radius 1 is 1.14 bits per heavy atom. The number of carbonyl (C=O) groups is 3. The van der Waals surface area contributed by atoms with Gasteiger partial charge in [-0.05, 0) is 25.9 Å². The molecule has 22 heavy (non-hydrogen) atoms. The molecule has 1 aliphatic heterocycles. The van der Waals surface area contributed by atoms with Crippen molar-refractivity contribution in [3.8, 4) is 0 Å². The molecular formula is C15H28N4O3. The summed E-state index contributed by atoms with van der Waals surface area (Å²) < 4.78 is 0. The first-order chi connectivity index (χ1) is 10.6. The molecule has 0 aromatic carbocycles. The first kappa shape index (κ1) is 18.4. The van der Waals surface area contributed by atoms with Gasteiger partial charge in [0, 0.05) is 39.1 Å². The van der Waals surface area contributed by atoms with Gasteiger partial charge in [0.1, 0.15) is 0 Å². The van der Waals surface area contributed by atoms with E-state index in [-0.39, 0.29) is 5.91 Å². The SMILES string of the molecule is CCN(CC)CCNC(=O)C(=O)NCCCN1CCCC1=O. The average Bonchev–Trinajstić information content (AvgIpc) is 2.93. The summed E-state index contributed by atoms with van der Waals surface area (Å²) in [5.41, 5.74) is 0. The quantitative estimate of drug-likeness (QED) is 0.447. The van der Waals surface area contributed by atoms with Crippen LogP contribution < -0.4 is 10.6 Å². The van der Waals surface area contributed by atoms with Crippen LogP contribution >= 0.6 is 0 Å². The van der Waals surface area contributed by atoms with Crippen molar-refractivity contribution in [3.05, 3.63) is 0 Å². The molecule has 1 saturated heterocycles. The Balaban J connectivity index is 2.08. The summed E-state index contributed by atoms with van der Waals surface area (Å²) in [4.78, 5) is 38.6. The largest absolute Gasteiger partial charge is 0.348 e. The van der Waals surface area contributed by atoms with Gasteiger partial charge < -0.3 is 20.4 Å². The summed E-state index contributed by atoms with van der Waals surface area (Å²) in [5, 5.41) is 5.20. The second kappa shape index (κ2) is 10.2. The van der Waals surface area contributed by atoms with E-state index < -0.39 is 11.8 Å². The predicted octanol–water partition coefficient (Wildman–Crippen LogP) is -0.427. The lowest BCUT2D eigenvalue weighted by Crippen LogP contribution is -2.43. The third-order valence-corrected chi connectivity index (χ3v) is 3.88. The predicted molar refractivity (Wildman–Crippen MR) is 84.2 cm³/mol. The van der Waals surface area contributed by atoms with Crippen LogP contribution in [0.4, 0.5) is 0 Å². The molecule has 0 atom stereocenters. The minimum absolute atomic E-state index is 0.181. The van der Waals surface area contributed by atoms with E-state index in [9.17, 15) is 14.4 Å². The Morgan fingerprint density at radius 2 is 1.77 bits per heavy atom. The summed E-state index contributed by atoms with van der Waals surface area (Å²) in [6, 6.07) is 0. The van der Waals surface area contributed by atoms with Crippen LogP contribution in [0, 0.1) is 0 Å². The Kier molecular flexibility index (Phi) is 8.50. The van der Waals surface area contributed by atoms with Gasteiger partial charge in [0.15, 0.2) is 0 Å². The van der Waals surface area contributed by atoms with Gasteiger partial charge >= 0.3 is 11.8 Å². The van der Waals surface area contributed by atoms with Crippen molar-refractivity contribution in [3.63, 3.8) is 0 Å². The fourth-order valence-corrected chi connectivity index (χ4v) is 2.44. The molecule has 1 aliphatic rings. The molecule has 7 nitrogen and oxygen atoms in total. The van der Waals surface area contributed by atoms with Gasteiger partial charge in [-0.25, -0.2) is 0 Å². The third-order valence-electron chi connectivity index (χ3n) is 3.88. The highest BCUT2D eigenvalue weighted by molar-refractivity contribution is 6.35. The van der Waals surface area contributed by atoms with E-state index in [1.807, 2.05) is 0 Å². The smallest absolute Gasteiger partial charge is 0.309 e. The summed E-state index contributed by atoms with van der Waals surface area (Å²) in [6.45, 7) is 9.03. The topological polar surface area (TPSA) is 81.8 Å². The van der Waals surface area contributed by atoms with Crippen LogP contribution in [0.25, 0.3) is 0 Å². The Labute approximate surface area is 132 Å². The monoisotopic (exact) mass is 312 g/mol. The highest BCUT2D eigenvalue weighted by atomic mass is 16.2. The second-order valence-corrected chi connectivity index (χ2v) is 5.38. The molecule has 1 rings (SSSR count). The van der Waals surface area contributed by atoms with E-state index in [1.165, 1.54) is 0 Å². The van der Waals surface area contributed by atoms with Crippen LogP contribution in [0.15, 0.2) is 0 Å². The molecule has 1 heterocycles. The van der Waals surface area contributed by atoms with Gasteiger partial charge in [-0.3, -0.25) is 14.4 Å². The van der Waals surface area contributed by atoms with Gasteiger partial charge in [0.25, 0.3) is 0 Å². The van der Waals surface area contributed by atoms with Crippen LogP contribution in [-0.4, -0.2) is 73.3 Å². The minimum Gasteiger partial charge on any atom is -0.348 e. The summed E-state index contributed by atoms with van der Waals surface area (Å²) in [6.07, 6.45) is 2.21. The molecule has 7 heteroatoms. The van der Waals surface area contributed by atoms with Crippen LogP contribution in [-0.2, 0) is 14.4 Å². The van der Waals surface area contributed by atoms with E-state index in [0.29, 0.717) is 32.5 Å². The number of likely N-dealkylation sites (tertiary alicyclic amines) is 1. The normalized spacial score (nSPS) is 14.5. The molecule has 0 saturated carbocycles. The van der Waals surface area contributed by atoms with Crippen LogP contribution in [0.1, 0.15) is 33.1 Å². The maximum atomic E-state index is 11.6. The second-order valence-electron chi connectivity index (χ2n) is 5.38. The molecule has 0 aromatic rings. The average molecular weight is 312 g/mol. The molecule has 0 bridgehead atoms. The highest BCUT2D eigenvalue weighted by Crippen LogP contribution is 2.09. The van der Waals surface area contributed by atoms with Crippen molar-refractivity contribution < 1.29 is 14.4 Å². The van der Waals surface area contributed by atoms with Crippen LogP contribution in [0.3, 0.4) is 0 Å². The molecule has 3 amide bonds. The lowest BCUT2D eigenvalue weighted by molar-refractivity contribution is -0.139. The van der Waals surface area contributed by atoms with Crippen molar-refractivity contribution >= 4 is 17.7 Å². The van der Waals surface area contributed by atoms with Crippen molar-refractivity contribution in [2.24, 2.45) is 0 Å². The number of hydrogen-bond donors (Lipinski definition) is 2. The van der Waals surface area contributed by atoms with Crippen molar-refractivity contribution in [1.29, 1.82) is 0 Å². The van der Waals surface area contributed by atoms with Crippen molar-refractivity contribution in [2.75, 3.05) is 45.8 Å². The molecule has 0 spiro atoms. The Hall–Kier alpha value is -1.63. The highest BCUT2D eigenvalue weighted by Gasteiger charge is 2.19. The number of nitrogens with zero attached hydrogens (tertiary/aromatic N) is 2. The van der Waals surface area contributed by atoms with E-state index >= 15 is 0 Å². The fraction of sp³-hybridized carbons (Fsp3) is 0.800. The molecule has 0 radical (unpaired) electrons. The molecule has 0 aliphatic carbocycles. The molecule has 1 fully saturated rings. The lowest BCUT2D eigenvalue weighted by atomic mass is 10.3. The molecule has 0 aromatic heterocycles. The Morgan fingerprint density at radius 3 is 2.32 bits per heavy atom. The van der Waals surface area contributed by atoms with Crippen molar-refractivity contribution in [1.82, 2.24) is 20.4 Å². The van der Waals surface area contributed by atoms with Crippen LogP contribution in [0.2, 0.25) is 0 Å². The van der Waals surface area contributed by atoms with E-state index in [1.54, 1.807) is 4.90 Å². The van der Waals surface area contributed by atoms with E-state index in [4.69, 9.17) is 0 Å². The molecule has 2 N–H and O–H groups in total. The third kappa shape index (κ3) is 6.43. The number of rotatable bonds is 9. The van der Waals surface area contributed by atoms with Gasteiger partial charge in [0.2, 0.25) is 5.91 Å². The molecular weight excluding hydrogens is 284 g/mol. The summed E-state index contributed by atoms with van der Waals surface area (Å²) in [5.74, 6) is -1.02. The first-order valence-electron chi connectivity index (χ1n) is 8.14. The van der Waals surface area contributed by atoms with Crippen molar-refractivity contribution in [2.45, 2.75) is 33.1 Å². The fourth-order valence-electron chi connectivity index (χ4n) is 2.44.